The van der Waals surface area contributed by atoms with Crippen LogP contribution in [0.15, 0.2) is 24.4 Å². The van der Waals surface area contributed by atoms with Crippen LogP contribution >= 0.6 is 0 Å². The van der Waals surface area contributed by atoms with E-state index < -0.39 is 0 Å². The third-order valence-electron chi connectivity index (χ3n) is 3.59. The molecular weight excluding hydrogens is 228 g/mol. The molecule has 1 aromatic heterocycles. The highest BCUT2D eigenvalue weighted by Crippen LogP contribution is 2.26. The van der Waals surface area contributed by atoms with Gasteiger partial charge in [-0.2, -0.15) is 0 Å². The van der Waals surface area contributed by atoms with Gasteiger partial charge in [-0.1, -0.05) is 0 Å². The number of hydrogen-bond donors (Lipinski definition) is 2. The fourth-order valence-electron chi connectivity index (χ4n) is 2.53. The average Bonchev–Trinajstić information content (AvgIpc) is 3.06. The lowest BCUT2D eigenvalue weighted by atomic mass is 9.96. The van der Waals surface area contributed by atoms with Crippen LogP contribution < -0.4 is 10.1 Å². The van der Waals surface area contributed by atoms with Crippen molar-refractivity contribution in [2.24, 2.45) is 5.92 Å². The quantitative estimate of drug-likeness (QED) is 0.812. The van der Waals surface area contributed by atoms with Crippen molar-refractivity contribution >= 4 is 16.7 Å². The lowest BCUT2D eigenvalue weighted by molar-refractivity contribution is 0.0932. The van der Waals surface area contributed by atoms with Gasteiger partial charge in [0.15, 0.2) is 5.78 Å². The molecule has 0 saturated carbocycles. The largest absolute Gasteiger partial charge is 0.497 e. The van der Waals surface area contributed by atoms with Gasteiger partial charge in [0.05, 0.1) is 7.11 Å². The summed E-state index contributed by atoms with van der Waals surface area (Å²) >= 11 is 0. The van der Waals surface area contributed by atoms with Crippen LogP contribution in [0.3, 0.4) is 0 Å². The van der Waals surface area contributed by atoms with E-state index in [4.69, 9.17) is 4.74 Å². The summed E-state index contributed by atoms with van der Waals surface area (Å²) in [6.45, 7) is 1.73. The summed E-state index contributed by atoms with van der Waals surface area (Å²) in [6, 6.07) is 5.75. The van der Waals surface area contributed by atoms with Gasteiger partial charge in [0.2, 0.25) is 0 Å². The summed E-state index contributed by atoms with van der Waals surface area (Å²) in [5.74, 6) is 1.15. The monoisotopic (exact) mass is 244 g/mol. The molecule has 1 saturated heterocycles. The fraction of sp³-hybridized carbons (Fsp3) is 0.357. The van der Waals surface area contributed by atoms with Crippen molar-refractivity contribution in [2.45, 2.75) is 6.42 Å². The van der Waals surface area contributed by atoms with Crippen molar-refractivity contribution in [3.63, 3.8) is 0 Å². The van der Waals surface area contributed by atoms with Crippen LogP contribution in [0.2, 0.25) is 0 Å². The number of H-pyrrole nitrogens is 1. The van der Waals surface area contributed by atoms with Crippen LogP contribution in [0.25, 0.3) is 10.9 Å². The molecule has 0 spiro atoms. The minimum atomic E-state index is 0.117. The number of carbonyl (C=O) groups is 1. The van der Waals surface area contributed by atoms with Crippen LogP contribution in [0.5, 0.6) is 5.75 Å². The highest BCUT2D eigenvalue weighted by molar-refractivity contribution is 6.09. The van der Waals surface area contributed by atoms with Gasteiger partial charge >= 0.3 is 0 Å². The molecule has 18 heavy (non-hydrogen) atoms. The molecule has 1 fully saturated rings. The van der Waals surface area contributed by atoms with Gasteiger partial charge in [-0.25, -0.2) is 0 Å². The molecule has 1 aromatic carbocycles. The number of ether oxygens (including phenoxy) is 1. The topological polar surface area (TPSA) is 54.1 Å². The van der Waals surface area contributed by atoms with Crippen LogP contribution in [-0.2, 0) is 0 Å². The summed E-state index contributed by atoms with van der Waals surface area (Å²) in [7, 11) is 1.64. The van der Waals surface area contributed by atoms with E-state index in [0.29, 0.717) is 0 Å². The predicted octanol–water partition coefficient (Wildman–Crippen LogP) is 1.97. The fourth-order valence-corrected chi connectivity index (χ4v) is 2.53. The number of rotatable bonds is 3. The molecule has 94 valence electrons. The molecule has 0 radical (unpaired) electrons. The SMILES string of the molecule is COc1ccc2c(C(=O)C3CCNC3)c[nH]c2c1. The van der Waals surface area contributed by atoms with E-state index in [1.54, 1.807) is 7.11 Å². The molecule has 0 amide bonds. The maximum Gasteiger partial charge on any atom is 0.169 e. The molecule has 3 rings (SSSR count). The standard InChI is InChI=1S/C14H16N2O2/c1-18-10-2-3-11-12(8-16-13(11)6-10)14(17)9-4-5-15-7-9/h2-3,6,8-9,15-16H,4-5,7H2,1H3. The summed E-state index contributed by atoms with van der Waals surface area (Å²) in [5, 5.41) is 4.21. The molecule has 2 N–H and O–H groups in total. The maximum atomic E-state index is 12.4. The molecule has 1 atom stereocenters. The molecular formula is C14H16N2O2. The first-order valence-electron chi connectivity index (χ1n) is 6.19. The zero-order valence-electron chi connectivity index (χ0n) is 10.3. The number of fused-ring (bicyclic) bond motifs is 1. The van der Waals surface area contributed by atoms with Crippen LogP contribution in [0, 0.1) is 5.92 Å². The lowest BCUT2D eigenvalue weighted by Gasteiger charge is -2.06. The van der Waals surface area contributed by atoms with Gasteiger partial charge in [-0.3, -0.25) is 4.79 Å². The Morgan fingerprint density at radius 1 is 1.44 bits per heavy atom. The van der Waals surface area contributed by atoms with Crippen LogP contribution in [0.4, 0.5) is 0 Å². The first-order chi connectivity index (χ1) is 8.79. The van der Waals surface area contributed by atoms with Gasteiger partial charge in [0.1, 0.15) is 5.75 Å². The Labute approximate surface area is 105 Å². The van der Waals surface area contributed by atoms with Crippen molar-refractivity contribution in [1.82, 2.24) is 10.3 Å². The minimum absolute atomic E-state index is 0.117. The summed E-state index contributed by atoms with van der Waals surface area (Å²) in [6.07, 6.45) is 2.74. The smallest absolute Gasteiger partial charge is 0.169 e. The minimum Gasteiger partial charge on any atom is -0.497 e. The highest BCUT2D eigenvalue weighted by atomic mass is 16.5. The number of nitrogens with one attached hydrogen (secondary N) is 2. The van der Waals surface area contributed by atoms with E-state index in [1.165, 1.54) is 0 Å². The van der Waals surface area contributed by atoms with Crippen molar-refractivity contribution in [3.05, 3.63) is 30.0 Å². The summed E-state index contributed by atoms with van der Waals surface area (Å²) in [5.41, 5.74) is 1.74. The van der Waals surface area contributed by atoms with Gasteiger partial charge in [-0.05, 0) is 25.1 Å². The molecule has 2 aromatic rings. The van der Waals surface area contributed by atoms with Crippen molar-refractivity contribution < 1.29 is 9.53 Å². The number of benzene rings is 1. The van der Waals surface area contributed by atoms with Gasteiger partial charge < -0.3 is 15.0 Å². The van der Waals surface area contributed by atoms with E-state index in [2.05, 4.69) is 10.3 Å². The van der Waals surface area contributed by atoms with E-state index >= 15 is 0 Å². The Kier molecular flexibility index (Phi) is 2.80. The van der Waals surface area contributed by atoms with E-state index in [0.717, 1.165) is 41.7 Å². The first kappa shape index (κ1) is 11.3. The number of ketones is 1. The molecule has 0 aliphatic carbocycles. The second-order valence-electron chi connectivity index (χ2n) is 4.67. The van der Waals surface area contributed by atoms with E-state index in [9.17, 15) is 4.79 Å². The Bertz CT molecular complexity index is 582. The van der Waals surface area contributed by atoms with Gasteiger partial charge in [0.25, 0.3) is 0 Å². The second kappa shape index (κ2) is 4.46. The number of aromatic nitrogens is 1. The highest BCUT2D eigenvalue weighted by Gasteiger charge is 2.25. The van der Waals surface area contributed by atoms with Crippen molar-refractivity contribution in [2.75, 3.05) is 20.2 Å². The molecule has 2 heterocycles. The Morgan fingerprint density at radius 2 is 2.33 bits per heavy atom. The number of Topliss-reactive ketones (excluding diaryl/α,β-unsaturated/α-hetero) is 1. The van der Waals surface area contributed by atoms with E-state index in [-0.39, 0.29) is 11.7 Å². The third kappa shape index (κ3) is 1.78. The Morgan fingerprint density at radius 3 is 3.06 bits per heavy atom. The number of aromatic amines is 1. The molecule has 1 aliphatic rings. The Balaban J connectivity index is 1.99. The van der Waals surface area contributed by atoms with Crippen LogP contribution in [0.1, 0.15) is 16.8 Å². The van der Waals surface area contributed by atoms with Gasteiger partial charge in [0, 0.05) is 41.2 Å². The first-order valence-corrected chi connectivity index (χ1v) is 6.19. The summed E-state index contributed by atoms with van der Waals surface area (Å²) < 4.78 is 5.18. The Hall–Kier alpha value is -1.81. The van der Waals surface area contributed by atoms with Crippen molar-refractivity contribution in [3.8, 4) is 5.75 Å². The second-order valence-corrected chi connectivity index (χ2v) is 4.67. The average molecular weight is 244 g/mol. The number of carbonyl (C=O) groups excluding carboxylic acids is 1. The molecule has 4 nitrogen and oxygen atoms in total. The van der Waals surface area contributed by atoms with Gasteiger partial charge in [-0.15, -0.1) is 0 Å². The maximum absolute atomic E-state index is 12.4. The summed E-state index contributed by atoms with van der Waals surface area (Å²) in [4.78, 5) is 15.5. The number of methoxy groups -OCH3 is 1. The predicted molar refractivity (Wildman–Crippen MR) is 70.2 cm³/mol. The van der Waals surface area contributed by atoms with Crippen LogP contribution in [-0.4, -0.2) is 31.0 Å². The van der Waals surface area contributed by atoms with Crippen molar-refractivity contribution in [1.29, 1.82) is 0 Å². The lowest BCUT2D eigenvalue weighted by Crippen LogP contribution is -2.17. The normalized spacial score (nSPS) is 19.3. The zero-order valence-corrected chi connectivity index (χ0v) is 10.3. The molecule has 1 unspecified atom stereocenters. The molecule has 1 aliphatic heterocycles. The van der Waals surface area contributed by atoms with E-state index in [1.807, 2.05) is 24.4 Å². The third-order valence-corrected chi connectivity index (χ3v) is 3.59. The molecule has 0 bridgehead atoms. The zero-order chi connectivity index (χ0) is 12.5. The number of hydrogen-bond acceptors (Lipinski definition) is 3. The molecule has 4 heteroatoms.